The highest BCUT2D eigenvalue weighted by molar-refractivity contribution is 5.85. The quantitative estimate of drug-likeness (QED) is 0.801. The first kappa shape index (κ1) is 15.5. The average molecular weight is 262 g/mol. The molecular weight excluding hydrogens is 246 g/mol. The predicted molar refractivity (Wildman–Crippen MR) is 65.5 cm³/mol. The molecule has 0 aliphatic carbocycles. The topological polar surface area (TPSA) is 81.8 Å². The maximum atomic E-state index is 11.0. The Kier molecular flexibility index (Phi) is 6.38. The normalized spacial score (nSPS) is 11.2. The molecule has 1 rings (SSSR count). The predicted octanol–water partition coefficient (Wildman–Crippen LogP) is 1.39. The van der Waals surface area contributed by atoms with Crippen molar-refractivity contribution < 1.29 is 19.4 Å². The summed E-state index contributed by atoms with van der Waals surface area (Å²) >= 11 is 0. The molecule has 17 heavy (non-hydrogen) atoms. The van der Waals surface area contributed by atoms with Gasteiger partial charge in [-0.05, 0) is 17.7 Å². The fraction of sp³-hybridized carbons (Fsp3) is 0.364. The van der Waals surface area contributed by atoms with E-state index in [0.29, 0.717) is 11.3 Å². The number of nitrogens with two attached hydrogens (primary N) is 1. The maximum Gasteiger partial charge on any atom is 0.307 e. The van der Waals surface area contributed by atoms with E-state index in [2.05, 4.69) is 4.74 Å². The number of esters is 1. The van der Waals surface area contributed by atoms with Crippen LogP contribution in [0.25, 0.3) is 0 Å². The van der Waals surface area contributed by atoms with Crippen LogP contribution in [0.3, 0.4) is 0 Å². The lowest BCUT2D eigenvalue weighted by molar-refractivity contribution is -0.141. The molecule has 0 aromatic heterocycles. The first-order valence-electron chi connectivity index (χ1n) is 4.77. The van der Waals surface area contributed by atoms with E-state index in [1.54, 1.807) is 12.1 Å². The number of phenolic OH excluding ortho intramolecular Hbond substituents is 1. The number of carbonyl (C=O) groups is 1. The van der Waals surface area contributed by atoms with E-state index >= 15 is 0 Å². The zero-order chi connectivity index (χ0) is 12.1. The molecule has 0 fully saturated rings. The Bertz CT molecular complexity index is 384. The summed E-state index contributed by atoms with van der Waals surface area (Å²) in [5.74, 6) is -0.00567. The number of benzene rings is 1. The Labute approximate surface area is 106 Å². The zero-order valence-electron chi connectivity index (χ0n) is 9.67. The monoisotopic (exact) mass is 261 g/mol. The van der Waals surface area contributed by atoms with Crippen LogP contribution in [0.1, 0.15) is 18.0 Å². The highest BCUT2D eigenvalue weighted by Gasteiger charge is 2.13. The number of methoxy groups -OCH3 is 2. The molecule has 0 heterocycles. The van der Waals surface area contributed by atoms with Crippen molar-refractivity contribution in [3.05, 3.63) is 23.8 Å². The number of ether oxygens (including phenoxy) is 2. The molecule has 5 nitrogen and oxygen atoms in total. The van der Waals surface area contributed by atoms with Crippen LogP contribution in [0.2, 0.25) is 0 Å². The second-order valence-electron chi connectivity index (χ2n) is 3.32. The van der Waals surface area contributed by atoms with Crippen LogP contribution in [0.15, 0.2) is 18.2 Å². The van der Waals surface area contributed by atoms with E-state index in [1.165, 1.54) is 20.3 Å². The van der Waals surface area contributed by atoms with Crippen LogP contribution in [-0.4, -0.2) is 25.3 Å². The molecule has 3 N–H and O–H groups in total. The number of carbonyl (C=O) groups excluding carboxylic acids is 1. The molecule has 1 aromatic carbocycles. The summed E-state index contributed by atoms with van der Waals surface area (Å²) in [6.07, 6.45) is 0.0877. The van der Waals surface area contributed by atoms with E-state index in [4.69, 9.17) is 10.5 Å². The highest BCUT2D eigenvalue weighted by atomic mass is 35.5. The summed E-state index contributed by atoms with van der Waals surface area (Å²) < 4.78 is 9.47. The molecule has 96 valence electrons. The van der Waals surface area contributed by atoms with Crippen molar-refractivity contribution in [2.24, 2.45) is 5.73 Å². The van der Waals surface area contributed by atoms with Crippen molar-refractivity contribution in [3.8, 4) is 11.5 Å². The summed E-state index contributed by atoms with van der Waals surface area (Å²) in [7, 11) is 2.76. The minimum Gasteiger partial charge on any atom is -0.504 e. The van der Waals surface area contributed by atoms with Gasteiger partial charge in [0, 0.05) is 6.04 Å². The standard InChI is InChI=1S/C11H15NO4.ClH/c1-15-10-5-7(3-4-9(10)13)8(12)6-11(14)16-2;/h3-5,8,13H,6,12H2,1-2H3;1H/t8-;/m1./s1. The van der Waals surface area contributed by atoms with Crippen molar-refractivity contribution in [2.45, 2.75) is 12.5 Å². The Morgan fingerprint density at radius 3 is 2.65 bits per heavy atom. The lowest BCUT2D eigenvalue weighted by Gasteiger charge is -2.12. The van der Waals surface area contributed by atoms with Crippen molar-refractivity contribution in [2.75, 3.05) is 14.2 Å². The molecule has 0 spiro atoms. The fourth-order valence-corrected chi connectivity index (χ4v) is 1.31. The van der Waals surface area contributed by atoms with E-state index in [-0.39, 0.29) is 30.5 Å². The second-order valence-corrected chi connectivity index (χ2v) is 3.32. The van der Waals surface area contributed by atoms with Gasteiger partial charge in [0.2, 0.25) is 0 Å². The number of aromatic hydroxyl groups is 1. The van der Waals surface area contributed by atoms with Crippen LogP contribution >= 0.6 is 12.4 Å². The lowest BCUT2D eigenvalue weighted by Crippen LogP contribution is -2.16. The summed E-state index contributed by atoms with van der Waals surface area (Å²) in [5.41, 5.74) is 6.52. The average Bonchev–Trinajstić information content (AvgIpc) is 2.29. The van der Waals surface area contributed by atoms with Crippen LogP contribution in [0.5, 0.6) is 11.5 Å². The lowest BCUT2D eigenvalue weighted by atomic mass is 10.0. The molecule has 0 aliphatic rings. The van der Waals surface area contributed by atoms with Gasteiger partial charge in [0.15, 0.2) is 11.5 Å². The summed E-state index contributed by atoms with van der Waals surface area (Å²) in [6, 6.07) is 4.25. The second kappa shape index (κ2) is 6.98. The first-order chi connectivity index (χ1) is 7.58. The summed E-state index contributed by atoms with van der Waals surface area (Å²) in [4.78, 5) is 11.0. The van der Waals surface area contributed by atoms with Crippen molar-refractivity contribution in [1.82, 2.24) is 0 Å². The van der Waals surface area contributed by atoms with Crippen LogP contribution in [0, 0.1) is 0 Å². The van der Waals surface area contributed by atoms with Gasteiger partial charge in [-0.1, -0.05) is 6.07 Å². The molecule has 0 unspecified atom stereocenters. The van der Waals surface area contributed by atoms with Gasteiger partial charge in [0.05, 0.1) is 20.6 Å². The van der Waals surface area contributed by atoms with Gasteiger partial charge >= 0.3 is 5.97 Å². The minimum atomic E-state index is -0.470. The molecule has 0 saturated carbocycles. The molecule has 1 atom stereocenters. The zero-order valence-corrected chi connectivity index (χ0v) is 10.5. The van der Waals surface area contributed by atoms with Crippen LogP contribution < -0.4 is 10.5 Å². The number of rotatable bonds is 4. The van der Waals surface area contributed by atoms with Gasteiger partial charge in [-0.2, -0.15) is 0 Å². The third kappa shape index (κ3) is 4.13. The van der Waals surface area contributed by atoms with E-state index in [0.717, 1.165) is 0 Å². The van der Waals surface area contributed by atoms with E-state index < -0.39 is 6.04 Å². The number of halogens is 1. The number of hydrogen-bond acceptors (Lipinski definition) is 5. The molecular formula is C11H16ClNO4. The Morgan fingerprint density at radius 2 is 2.12 bits per heavy atom. The molecule has 0 bridgehead atoms. The van der Waals surface area contributed by atoms with Gasteiger partial charge in [0.1, 0.15) is 0 Å². The smallest absolute Gasteiger partial charge is 0.307 e. The van der Waals surface area contributed by atoms with Gasteiger partial charge in [0.25, 0.3) is 0 Å². The van der Waals surface area contributed by atoms with Crippen LogP contribution in [0.4, 0.5) is 0 Å². The highest BCUT2D eigenvalue weighted by Crippen LogP contribution is 2.29. The van der Waals surface area contributed by atoms with Crippen molar-refractivity contribution in [3.63, 3.8) is 0 Å². The SMILES string of the molecule is COC(=O)C[C@@H](N)c1ccc(O)c(OC)c1.Cl. The van der Waals surface area contributed by atoms with Gasteiger partial charge in [-0.15, -0.1) is 12.4 Å². The Hall–Kier alpha value is -1.46. The maximum absolute atomic E-state index is 11.0. The molecule has 0 amide bonds. The Morgan fingerprint density at radius 1 is 1.47 bits per heavy atom. The molecule has 6 heteroatoms. The third-order valence-electron chi connectivity index (χ3n) is 2.25. The van der Waals surface area contributed by atoms with Crippen molar-refractivity contribution >= 4 is 18.4 Å². The molecule has 0 saturated heterocycles. The summed E-state index contributed by atoms with van der Waals surface area (Å²) in [6.45, 7) is 0. The van der Waals surface area contributed by atoms with Gasteiger partial charge < -0.3 is 20.3 Å². The van der Waals surface area contributed by atoms with E-state index in [9.17, 15) is 9.90 Å². The third-order valence-corrected chi connectivity index (χ3v) is 2.25. The van der Waals surface area contributed by atoms with Gasteiger partial charge in [-0.3, -0.25) is 4.79 Å². The molecule has 1 aromatic rings. The van der Waals surface area contributed by atoms with E-state index in [1.807, 2.05) is 0 Å². The summed E-state index contributed by atoms with van der Waals surface area (Å²) in [5, 5.41) is 9.39. The fourth-order valence-electron chi connectivity index (χ4n) is 1.31. The molecule has 0 radical (unpaired) electrons. The largest absolute Gasteiger partial charge is 0.504 e. The number of hydrogen-bond donors (Lipinski definition) is 2. The van der Waals surface area contributed by atoms with Gasteiger partial charge in [-0.25, -0.2) is 0 Å². The first-order valence-corrected chi connectivity index (χ1v) is 4.77. The van der Waals surface area contributed by atoms with Crippen LogP contribution in [-0.2, 0) is 9.53 Å². The minimum absolute atomic E-state index is 0. The number of phenols is 1. The van der Waals surface area contributed by atoms with Crippen molar-refractivity contribution in [1.29, 1.82) is 0 Å². The molecule has 0 aliphatic heterocycles. The Balaban J connectivity index is 0.00000256.